The SMILES string of the molecule is Cc1ccc(S(=O)(=O)N(Cc2cccs2)c2ccc3[nH]c(=O)[nH]c3c2)cc1. The lowest BCUT2D eigenvalue weighted by atomic mass is 10.2. The molecule has 0 bridgehead atoms. The van der Waals surface area contributed by atoms with Gasteiger partial charge < -0.3 is 9.97 Å². The molecule has 0 saturated heterocycles. The van der Waals surface area contributed by atoms with E-state index in [0.29, 0.717) is 16.7 Å². The smallest absolute Gasteiger partial charge is 0.306 e. The van der Waals surface area contributed by atoms with Crippen LogP contribution in [0.2, 0.25) is 0 Å². The molecule has 0 saturated carbocycles. The molecular formula is C19H17N3O3S2. The number of nitrogens with one attached hydrogen (secondary N) is 2. The lowest BCUT2D eigenvalue weighted by Gasteiger charge is -2.24. The number of thiophene rings is 1. The van der Waals surface area contributed by atoms with Gasteiger partial charge in [-0.2, -0.15) is 0 Å². The molecule has 2 aromatic heterocycles. The number of aromatic amines is 2. The molecular weight excluding hydrogens is 382 g/mol. The summed E-state index contributed by atoms with van der Waals surface area (Å²) in [6.07, 6.45) is 0. The average molecular weight is 399 g/mol. The van der Waals surface area contributed by atoms with Crippen LogP contribution in [0.25, 0.3) is 11.0 Å². The minimum atomic E-state index is -3.77. The molecule has 6 nitrogen and oxygen atoms in total. The monoisotopic (exact) mass is 399 g/mol. The Bertz CT molecular complexity index is 1240. The number of aromatic nitrogens is 2. The summed E-state index contributed by atoms with van der Waals surface area (Å²) < 4.78 is 28.1. The largest absolute Gasteiger partial charge is 0.323 e. The Morgan fingerprint density at radius 1 is 1.00 bits per heavy atom. The van der Waals surface area contributed by atoms with Crippen LogP contribution in [0.1, 0.15) is 10.4 Å². The Hall–Kier alpha value is -2.84. The maximum Gasteiger partial charge on any atom is 0.323 e. The summed E-state index contributed by atoms with van der Waals surface area (Å²) in [5.41, 5.74) is 2.35. The van der Waals surface area contributed by atoms with Gasteiger partial charge in [0.05, 0.1) is 28.2 Å². The molecule has 0 aliphatic rings. The van der Waals surface area contributed by atoms with E-state index in [-0.39, 0.29) is 17.1 Å². The fourth-order valence-electron chi connectivity index (χ4n) is 2.87. The van der Waals surface area contributed by atoms with Gasteiger partial charge in [-0.3, -0.25) is 4.31 Å². The highest BCUT2D eigenvalue weighted by Crippen LogP contribution is 2.29. The van der Waals surface area contributed by atoms with Crippen molar-refractivity contribution in [3.8, 4) is 0 Å². The van der Waals surface area contributed by atoms with Gasteiger partial charge in [0.1, 0.15) is 0 Å². The highest BCUT2D eigenvalue weighted by Gasteiger charge is 2.26. The van der Waals surface area contributed by atoms with Crippen LogP contribution >= 0.6 is 11.3 Å². The number of fused-ring (bicyclic) bond motifs is 1. The molecule has 0 fully saturated rings. The number of H-pyrrole nitrogens is 2. The molecule has 0 amide bonds. The van der Waals surface area contributed by atoms with E-state index in [1.165, 1.54) is 15.6 Å². The van der Waals surface area contributed by atoms with Crippen molar-refractivity contribution in [2.45, 2.75) is 18.4 Å². The van der Waals surface area contributed by atoms with Gasteiger partial charge >= 0.3 is 5.69 Å². The Morgan fingerprint density at radius 3 is 2.44 bits per heavy atom. The Balaban J connectivity index is 1.84. The van der Waals surface area contributed by atoms with Crippen LogP contribution in [0, 0.1) is 6.92 Å². The number of sulfonamides is 1. The Morgan fingerprint density at radius 2 is 1.74 bits per heavy atom. The Kier molecular flexibility index (Phi) is 4.37. The maximum absolute atomic E-state index is 13.4. The van der Waals surface area contributed by atoms with Crippen molar-refractivity contribution in [2.75, 3.05) is 4.31 Å². The predicted octanol–water partition coefficient (Wildman–Crippen LogP) is 3.62. The number of rotatable bonds is 5. The van der Waals surface area contributed by atoms with Crippen molar-refractivity contribution < 1.29 is 8.42 Å². The summed E-state index contributed by atoms with van der Waals surface area (Å²) in [5, 5.41) is 1.92. The van der Waals surface area contributed by atoms with Gasteiger partial charge in [0, 0.05) is 4.88 Å². The summed E-state index contributed by atoms with van der Waals surface area (Å²) in [6.45, 7) is 2.13. The number of hydrogen-bond donors (Lipinski definition) is 2. The van der Waals surface area contributed by atoms with Crippen molar-refractivity contribution in [1.29, 1.82) is 0 Å². The lowest BCUT2D eigenvalue weighted by Crippen LogP contribution is -2.30. The molecule has 0 unspecified atom stereocenters. The number of hydrogen-bond acceptors (Lipinski definition) is 4. The topological polar surface area (TPSA) is 86.0 Å². The lowest BCUT2D eigenvalue weighted by molar-refractivity contribution is 0.590. The molecule has 4 rings (SSSR count). The standard InChI is InChI=1S/C19H17N3O3S2/c1-13-4-7-16(8-5-13)27(24,25)22(12-15-3-2-10-26-15)14-6-9-17-18(11-14)21-19(23)20-17/h2-11H,12H2,1H3,(H2,20,21,23). The molecule has 0 aliphatic carbocycles. The van der Waals surface area contributed by atoms with E-state index < -0.39 is 10.0 Å². The van der Waals surface area contributed by atoms with Crippen molar-refractivity contribution in [3.63, 3.8) is 0 Å². The maximum atomic E-state index is 13.4. The fourth-order valence-corrected chi connectivity index (χ4v) is 5.08. The third kappa shape index (κ3) is 3.41. The predicted molar refractivity (Wildman–Crippen MR) is 108 cm³/mol. The van der Waals surface area contributed by atoms with Crippen LogP contribution < -0.4 is 9.99 Å². The van der Waals surface area contributed by atoms with Crippen LogP contribution in [0.4, 0.5) is 5.69 Å². The summed E-state index contributed by atoms with van der Waals surface area (Å²) >= 11 is 1.50. The average Bonchev–Trinajstić information content (AvgIpc) is 3.27. The summed E-state index contributed by atoms with van der Waals surface area (Å²) in [7, 11) is -3.77. The third-order valence-corrected chi connectivity index (χ3v) is 6.93. The van der Waals surface area contributed by atoms with E-state index in [1.54, 1.807) is 42.5 Å². The van der Waals surface area contributed by atoms with Crippen LogP contribution in [0.15, 0.2) is 69.7 Å². The normalized spacial score (nSPS) is 11.7. The zero-order valence-corrected chi connectivity index (χ0v) is 16.1. The van der Waals surface area contributed by atoms with Crippen LogP contribution in [0.5, 0.6) is 0 Å². The van der Waals surface area contributed by atoms with E-state index >= 15 is 0 Å². The van der Waals surface area contributed by atoms with Gasteiger partial charge in [-0.05, 0) is 48.7 Å². The van der Waals surface area contributed by atoms with Gasteiger partial charge in [0.15, 0.2) is 0 Å². The van der Waals surface area contributed by atoms with Crippen molar-refractivity contribution in [1.82, 2.24) is 9.97 Å². The molecule has 138 valence electrons. The first-order valence-corrected chi connectivity index (χ1v) is 10.6. The molecule has 0 atom stereocenters. The summed E-state index contributed by atoms with van der Waals surface area (Å²) in [4.78, 5) is 18.0. The molecule has 2 heterocycles. The molecule has 2 N–H and O–H groups in total. The Labute approximate surface area is 160 Å². The molecule has 4 aromatic rings. The first kappa shape index (κ1) is 17.6. The number of anilines is 1. The van der Waals surface area contributed by atoms with E-state index in [0.717, 1.165) is 10.4 Å². The number of imidazole rings is 1. The minimum absolute atomic E-state index is 0.216. The molecule has 0 radical (unpaired) electrons. The van der Waals surface area contributed by atoms with Crippen LogP contribution in [0.3, 0.4) is 0 Å². The van der Waals surface area contributed by atoms with Crippen molar-refractivity contribution in [3.05, 3.63) is 80.9 Å². The number of benzene rings is 2. The number of nitrogens with zero attached hydrogens (tertiary/aromatic N) is 1. The second kappa shape index (κ2) is 6.71. The molecule has 2 aromatic carbocycles. The molecule has 27 heavy (non-hydrogen) atoms. The zero-order chi connectivity index (χ0) is 19.0. The van der Waals surface area contributed by atoms with E-state index in [4.69, 9.17) is 0 Å². The van der Waals surface area contributed by atoms with Crippen molar-refractivity contribution >= 4 is 38.1 Å². The van der Waals surface area contributed by atoms with Gasteiger partial charge in [0.2, 0.25) is 0 Å². The van der Waals surface area contributed by atoms with Gasteiger partial charge in [-0.15, -0.1) is 11.3 Å². The van der Waals surface area contributed by atoms with Crippen LogP contribution in [-0.4, -0.2) is 18.4 Å². The van der Waals surface area contributed by atoms with Gasteiger partial charge in [-0.1, -0.05) is 23.8 Å². The van der Waals surface area contributed by atoms with Gasteiger partial charge in [0.25, 0.3) is 10.0 Å². The third-order valence-electron chi connectivity index (χ3n) is 4.28. The van der Waals surface area contributed by atoms with E-state index in [1.807, 2.05) is 24.4 Å². The fraction of sp³-hybridized carbons (Fsp3) is 0.105. The van der Waals surface area contributed by atoms with Crippen molar-refractivity contribution in [2.24, 2.45) is 0 Å². The molecule has 8 heteroatoms. The van der Waals surface area contributed by atoms with E-state index in [9.17, 15) is 13.2 Å². The first-order valence-electron chi connectivity index (χ1n) is 8.27. The summed E-state index contributed by atoms with van der Waals surface area (Å²) in [5.74, 6) is 0. The molecule has 0 aliphatic heterocycles. The summed E-state index contributed by atoms with van der Waals surface area (Å²) in [6, 6.07) is 15.7. The highest BCUT2D eigenvalue weighted by molar-refractivity contribution is 7.92. The molecule has 0 spiro atoms. The minimum Gasteiger partial charge on any atom is -0.306 e. The number of aryl methyl sites for hydroxylation is 1. The first-order chi connectivity index (χ1) is 12.9. The highest BCUT2D eigenvalue weighted by atomic mass is 32.2. The quantitative estimate of drug-likeness (QED) is 0.537. The zero-order valence-electron chi connectivity index (χ0n) is 14.5. The second-order valence-corrected chi connectivity index (χ2v) is 9.11. The second-order valence-electron chi connectivity index (χ2n) is 6.21. The van der Waals surface area contributed by atoms with E-state index in [2.05, 4.69) is 9.97 Å². The van der Waals surface area contributed by atoms with Gasteiger partial charge in [-0.25, -0.2) is 13.2 Å². The van der Waals surface area contributed by atoms with Crippen LogP contribution in [-0.2, 0) is 16.6 Å².